The maximum absolute atomic E-state index is 5.96. The molecule has 0 aliphatic carbocycles. The summed E-state index contributed by atoms with van der Waals surface area (Å²) in [5.41, 5.74) is 0. The molecule has 0 aromatic rings. The summed E-state index contributed by atoms with van der Waals surface area (Å²) in [6.07, 6.45) is 7.80. The molecule has 0 amide bonds. The fourth-order valence-corrected chi connectivity index (χ4v) is 8.68. The van der Waals surface area contributed by atoms with E-state index in [2.05, 4.69) is 37.5 Å². The van der Waals surface area contributed by atoms with E-state index in [0.29, 0.717) is 25.6 Å². The number of hydrogen-bond donors (Lipinski definition) is 0. The second-order valence-corrected chi connectivity index (χ2v) is 11.8. The van der Waals surface area contributed by atoms with Gasteiger partial charge in [0.05, 0.1) is 9.52 Å². The fraction of sp³-hybridized carbons (Fsp3) is 1.00. The summed E-state index contributed by atoms with van der Waals surface area (Å²) in [6, 6.07) is 2.33. The first-order valence-electron chi connectivity index (χ1n) is 12.7. The van der Waals surface area contributed by atoms with E-state index in [-0.39, 0.29) is 0 Å². The third kappa shape index (κ3) is 12.3. The summed E-state index contributed by atoms with van der Waals surface area (Å²) in [5.74, 6) is 0.642. The highest BCUT2D eigenvalue weighted by atomic mass is 28.4. The minimum absolute atomic E-state index is 0.642. The average molecular weight is 461 g/mol. The van der Waals surface area contributed by atoms with E-state index >= 15 is 0 Å². The lowest BCUT2D eigenvalue weighted by Crippen LogP contribution is -2.51. The summed E-state index contributed by atoms with van der Waals surface area (Å²) >= 11 is 0. The molecule has 0 aliphatic rings. The predicted octanol–water partition coefficient (Wildman–Crippen LogP) is 5.47. The first kappa shape index (κ1) is 30.2. The Hall–Kier alpha value is 0.234. The molecule has 0 heterocycles. The Morgan fingerprint density at radius 3 is 1.40 bits per heavy atom. The monoisotopic (exact) mass is 460 g/mol. The van der Waals surface area contributed by atoms with Gasteiger partial charge in [-0.1, -0.05) is 65.8 Å². The molecule has 7 heteroatoms. The van der Waals surface area contributed by atoms with Gasteiger partial charge in [0.2, 0.25) is 0 Å². The number of unbranched alkanes of at least 4 members (excludes halogenated alkanes) is 5. The van der Waals surface area contributed by atoms with Crippen molar-refractivity contribution in [2.75, 3.05) is 46.0 Å². The second kappa shape index (κ2) is 19.9. The van der Waals surface area contributed by atoms with E-state index in [1.54, 1.807) is 0 Å². The van der Waals surface area contributed by atoms with Crippen LogP contribution in [0.5, 0.6) is 0 Å². The van der Waals surface area contributed by atoms with Crippen LogP contribution in [0.25, 0.3) is 0 Å². The lowest BCUT2D eigenvalue weighted by atomic mass is 10.1. The molecule has 0 saturated carbocycles. The van der Waals surface area contributed by atoms with Crippen molar-refractivity contribution in [2.45, 2.75) is 105 Å². The Morgan fingerprint density at radius 2 is 1.00 bits per heavy atom. The van der Waals surface area contributed by atoms with E-state index in [9.17, 15) is 0 Å². The largest absolute Gasteiger partial charge is 0.500 e. The third-order valence-corrected chi connectivity index (χ3v) is 10.5. The van der Waals surface area contributed by atoms with Crippen molar-refractivity contribution in [2.24, 2.45) is 0 Å². The molecule has 2 radical (unpaired) electrons. The van der Waals surface area contributed by atoms with Gasteiger partial charge >= 0.3 is 8.80 Å². The minimum atomic E-state index is -2.43. The van der Waals surface area contributed by atoms with Crippen LogP contribution in [0.3, 0.4) is 0 Å². The lowest BCUT2D eigenvalue weighted by molar-refractivity contribution is 0.0706. The molecular weight excluding hydrogens is 408 g/mol. The molecule has 5 nitrogen and oxygen atoms in total. The molecule has 0 aromatic carbocycles. The highest BCUT2D eigenvalue weighted by Gasteiger charge is 2.39. The first-order valence-corrected chi connectivity index (χ1v) is 15.9. The molecule has 0 N–H and O–H groups in total. The van der Waals surface area contributed by atoms with Gasteiger partial charge in [-0.25, -0.2) is 0 Å². The van der Waals surface area contributed by atoms with Crippen LogP contribution in [0.2, 0.25) is 12.1 Å². The van der Waals surface area contributed by atoms with E-state index in [1.807, 2.05) is 20.8 Å². The first-order chi connectivity index (χ1) is 14.6. The summed E-state index contributed by atoms with van der Waals surface area (Å²) in [6.45, 7) is 21.9. The molecule has 0 saturated heterocycles. The topological polar surface area (TPSA) is 34.2 Å². The fourth-order valence-electron chi connectivity index (χ4n) is 4.03. The zero-order valence-corrected chi connectivity index (χ0v) is 23.3. The number of rotatable bonds is 22. The molecule has 0 spiro atoms. The Labute approximate surface area is 192 Å². The summed E-state index contributed by atoms with van der Waals surface area (Å²) in [7, 11) is -1.41. The van der Waals surface area contributed by atoms with Crippen LogP contribution < -0.4 is 0 Å². The minimum Gasteiger partial charge on any atom is -0.374 e. The highest BCUT2D eigenvalue weighted by molar-refractivity contribution is 6.60. The molecule has 0 aliphatic heterocycles. The van der Waals surface area contributed by atoms with Gasteiger partial charge in [-0.3, -0.25) is 9.80 Å². The van der Waals surface area contributed by atoms with Crippen LogP contribution in [-0.2, 0) is 13.3 Å². The average Bonchev–Trinajstić information content (AvgIpc) is 2.74. The second-order valence-electron chi connectivity index (χ2n) is 7.62. The third-order valence-electron chi connectivity index (χ3n) is 5.65. The molecule has 0 bridgehead atoms. The molecule has 180 valence electrons. The van der Waals surface area contributed by atoms with E-state index in [4.69, 9.17) is 13.3 Å². The number of nitrogens with zero attached hydrogens (tertiary/aromatic N) is 2. The van der Waals surface area contributed by atoms with Crippen LogP contribution >= 0.6 is 0 Å². The summed E-state index contributed by atoms with van der Waals surface area (Å²) < 4.78 is 17.9. The summed E-state index contributed by atoms with van der Waals surface area (Å²) in [4.78, 5) is 5.27. The zero-order chi connectivity index (χ0) is 22.7. The smallest absolute Gasteiger partial charge is 0.374 e. The quantitative estimate of drug-likeness (QED) is 0.122. The van der Waals surface area contributed by atoms with Gasteiger partial charge in [-0.2, -0.15) is 0 Å². The van der Waals surface area contributed by atoms with E-state index < -0.39 is 8.80 Å². The van der Waals surface area contributed by atoms with Crippen LogP contribution in [0.1, 0.15) is 87.0 Å². The van der Waals surface area contributed by atoms with Gasteiger partial charge in [-0.05, 0) is 53.4 Å². The predicted molar refractivity (Wildman–Crippen MR) is 133 cm³/mol. The van der Waals surface area contributed by atoms with Gasteiger partial charge in [0.15, 0.2) is 0 Å². The van der Waals surface area contributed by atoms with Crippen molar-refractivity contribution < 1.29 is 13.3 Å². The Balaban J connectivity index is 4.11. The highest BCUT2D eigenvalue weighted by Crippen LogP contribution is 2.21. The molecule has 0 fully saturated rings. The van der Waals surface area contributed by atoms with Gasteiger partial charge < -0.3 is 13.3 Å². The van der Waals surface area contributed by atoms with Crippen LogP contribution in [-0.4, -0.2) is 79.9 Å². The normalized spacial score (nSPS) is 12.6. The van der Waals surface area contributed by atoms with Crippen molar-refractivity contribution in [1.82, 2.24) is 9.80 Å². The molecule has 0 rings (SSSR count). The molecular formula is C23H52N2O3Si2. The lowest BCUT2D eigenvalue weighted by Gasteiger charge is -2.38. The summed E-state index contributed by atoms with van der Waals surface area (Å²) in [5, 5.41) is 0. The van der Waals surface area contributed by atoms with Crippen LogP contribution in [0.15, 0.2) is 0 Å². The van der Waals surface area contributed by atoms with E-state index in [1.165, 1.54) is 38.1 Å². The van der Waals surface area contributed by atoms with Gasteiger partial charge in [0.25, 0.3) is 0 Å². The van der Waals surface area contributed by atoms with Crippen LogP contribution in [0.4, 0.5) is 0 Å². The van der Waals surface area contributed by atoms with Crippen LogP contribution in [0, 0.1) is 0 Å². The zero-order valence-electron chi connectivity index (χ0n) is 21.3. The Bertz CT molecular complexity index is 341. The molecule has 0 atom stereocenters. The molecule has 30 heavy (non-hydrogen) atoms. The van der Waals surface area contributed by atoms with E-state index in [0.717, 1.165) is 48.2 Å². The SMILES string of the molecule is CCO[Si](CCCCCCCC[Si]C(N(CC)CC)N(CC)CC)(OCC)OCC. The molecule has 0 aromatic heterocycles. The standard InChI is InChI=1S/C23H52N2O3Si2/c1-8-24(9-2)23(25(10-3)11-4)29-21-19-17-15-16-18-20-22-30(26-12-5,27-13-6)28-14-7/h23H,8-22H2,1-7H3. The Kier molecular flexibility index (Phi) is 20.0. The maximum Gasteiger partial charge on any atom is 0.500 e. The van der Waals surface area contributed by atoms with Crippen molar-refractivity contribution in [3.8, 4) is 0 Å². The van der Waals surface area contributed by atoms with Gasteiger partial charge in [0.1, 0.15) is 0 Å². The molecule has 0 unspecified atom stereocenters. The van der Waals surface area contributed by atoms with Gasteiger partial charge in [-0.15, -0.1) is 0 Å². The number of hydrogen-bond acceptors (Lipinski definition) is 5. The van der Waals surface area contributed by atoms with Crippen molar-refractivity contribution >= 4 is 18.3 Å². The Morgan fingerprint density at radius 1 is 0.600 bits per heavy atom. The maximum atomic E-state index is 5.96. The van der Waals surface area contributed by atoms with Crippen molar-refractivity contribution in [1.29, 1.82) is 0 Å². The van der Waals surface area contributed by atoms with Gasteiger partial charge in [0, 0.05) is 31.7 Å². The van der Waals surface area contributed by atoms with Crippen molar-refractivity contribution in [3.63, 3.8) is 0 Å². The van der Waals surface area contributed by atoms with Crippen molar-refractivity contribution in [3.05, 3.63) is 0 Å².